The molecule has 0 aliphatic carbocycles. The Bertz CT molecular complexity index is 1250. The van der Waals surface area contributed by atoms with Crippen LogP contribution in [-0.4, -0.2) is 14.0 Å². The standard InChI is InChI=1S/C38H47NOSi/c1-3-4-5-6-7-17-29-41(35-20-13-9-14-21-35,36-22-15-10-16-23-36)30-28-38(40)39-37(34-18-11-8-12-19-34)31-33-26-24-32(2)25-27-33/h8-16,18-27,37H,3-7,17,28-31H2,1-2H3,(H,39,40). The first kappa shape index (κ1) is 30.5. The molecule has 41 heavy (non-hydrogen) atoms. The molecule has 0 bridgehead atoms. The number of rotatable bonds is 16. The van der Waals surface area contributed by atoms with Gasteiger partial charge < -0.3 is 5.32 Å². The zero-order valence-electron chi connectivity index (χ0n) is 25.0. The first-order valence-electron chi connectivity index (χ1n) is 15.6. The average Bonchev–Trinajstić information content (AvgIpc) is 3.02. The largest absolute Gasteiger partial charge is 0.349 e. The SMILES string of the molecule is CCCCCCCC[Si](CCC(=O)NC(Cc1ccc(C)cc1)c1ccccc1)(c1ccccc1)c1ccccc1. The lowest BCUT2D eigenvalue weighted by Crippen LogP contribution is -2.58. The minimum absolute atomic E-state index is 0.0468. The fraction of sp³-hybridized carbons (Fsp3) is 0.342. The molecule has 214 valence electrons. The summed E-state index contributed by atoms with van der Waals surface area (Å²) in [6, 6.07) is 43.4. The highest BCUT2D eigenvalue weighted by Gasteiger charge is 2.37. The van der Waals surface area contributed by atoms with Gasteiger partial charge in [0.25, 0.3) is 0 Å². The van der Waals surface area contributed by atoms with Gasteiger partial charge in [0.1, 0.15) is 8.07 Å². The average molecular weight is 562 g/mol. The molecule has 1 amide bonds. The second-order valence-corrected chi connectivity index (χ2v) is 15.9. The molecule has 3 heteroatoms. The number of carbonyl (C=O) groups excluding carboxylic acids is 1. The van der Waals surface area contributed by atoms with Gasteiger partial charge in [-0.25, -0.2) is 0 Å². The van der Waals surface area contributed by atoms with Crippen LogP contribution in [0.2, 0.25) is 12.1 Å². The third-order valence-electron chi connectivity index (χ3n) is 8.49. The lowest BCUT2D eigenvalue weighted by molar-refractivity contribution is -0.121. The Morgan fingerprint density at radius 2 is 1.20 bits per heavy atom. The van der Waals surface area contributed by atoms with Crippen molar-refractivity contribution in [3.05, 3.63) is 132 Å². The molecule has 0 spiro atoms. The summed E-state index contributed by atoms with van der Waals surface area (Å²) in [5, 5.41) is 6.35. The van der Waals surface area contributed by atoms with E-state index in [0.29, 0.717) is 6.42 Å². The van der Waals surface area contributed by atoms with Crippen molar-refractivity contribution in [1.29, 1.82) is 0 Å². The number of hydrogen-bond donors (Lipinski definition) is 1. The maximum atomic E-state index is 13.7. The van der Waals surface area contributed by atoms with E-state index in [1.807, 2.05) is 6.07 Å². The summed E-state index contributed by atoms with van der Waals surface area (Å²) < 4.78 is 0. The van der Waals surface area contributed by atoms with Crippen molar-refractivity contribution >= 4 is 24.4 Å². The highest BCUT2D eigenvalue weighted by atomic mass is 28.3. The van der Waals surface area contributed by atoms with Crippen molar-refractivity contribution in [3.63, 3.8) is 0 Å². The summed E-state index contributed by atoms with van der Waals surface area (Å²) in [5.41, 5.74) is 3.65. The van der Waals surface area contributed by atoms with Gasteiger partial charge in [-0.1, -0.05) is 177 Å². The van der Waals surface area contributed by atoms with Gasteiger partial charge in [-0.2, -0.15) is 0 Å². The van der Waals surface area contributed by atoms with E-state index in [9.17, 15) is 4.79 Å². The Labute approximate surface area is 249 Å². The minimum Gasteiger partial charge on any atom is -0.349 e. The quantitative estimate of drug-likeness (QED) is 0.108. The van der Waals surface area contributed by atoms with Crippen LogP contribution in [0.5, 0.6) is 0 Å². The number of hydrogen-bond acceptors (Lipinski definition) is 1. The molecular formula is C38H47NOSi. The van der Waals surface area contributed by atoms with E-state index in [0.717, 1.165) is 18.0 Å². The van der Waals surface area contributed by atoms with Gasteiger partial charge in [0.05, 0.1) is 6.04 Å². The molecule has 4 aromatic carbocycles. The molecule has 1 unspecified atom stereocenters. The number of aryl methyl sites for hydroxylation is 1. The molecule has 2 nitrogen and oxygen atoms in total. The van der Waals surface area contributed by atoms with E-state index in [1.165, 1.54) is 66.1 Å². The highest BCUT2D eigenvalue weighted by molar-refractivity contribution is 7.02. The first-order chi connectivity index (χ1) is 20.1. The number of unbranched alkanes of at least 4 members (excludes halogenated alkanes) is 5. The van der Waals surface area contributed by atoms with Crippen LogP contribution in [0.4, 0.5) is 0 Å². The molecule has 0 heterocycles. The van der Waals surface area contributed by atoms with Crippen LogP contribution in [0.15, 0.2) is 115 Å². The molecule has 0 saturated heterocycles. The third-order valence-corrected chi connectivity index (χ3v) is 13.7. The van der Waals surface area contributed by atoms with E-state index in [-0.39, 0.29) is 11.9 Å². The van der Waals surface area contributed by atoms with Crippen molar-refractivity contribution in [2.24, 2.45) is 0 Å². The summed E-state index contributed by atoms with van der Waals surface area (Å²) in [6.45, 7) is 4.39. The summed E-state index contributed by atoms with van der Waals surface area (Å²) >= 11 is 0. The second kappa shape index (κ2) is 16.1. The van der Waals surface area contributed by atoms with E-state index >= 15 is 0 Å². The van der Waals surface area contributed by atoms with E-state index < -0.39 is 8.07 Å². The van der Waals surface area contributed by atoms with Crippen LogP contribution in [0.1, 0.15) is 74.6 Å². The Balaban J connectivity index is 1.54. The van der Waals surface area contributed by atoms with Gasteiger partial charge in [0.2, 0.25) is 5.91 Å². The molecular weight excluding hydrogens is 515 g/mol. The molecule has 0 radical (unpaired) electrons. The fourth-order valence-corrected chi connectivity index (χ4v) is 11.0. The van der Waals surface area contributed by atoms with Gasteiger partial charge in [-0.3, -0.25) is 4.79 Å². The van der Waals surface area contributed by atoms with Crippen LogP contribution in [-0.2, 0) is 11.2 Å². The smallest absolute Gasteiger partial charge is 0.220 e. The number of nitrogens with one attached hydrogen (secondary N) is 1. The molecule has 0 fully saturated rings. The van der Waals surface area contributed by atoms with Gasteiger partial charge in [-0.15, -0.1) is 0 Å². The van der Waals surface area contributed by atoms with Crippen molar-refractivity contribution in [2.45, 2.75) is 83.3 Å². The summed E-state index contributed by atoms with van der Waals surface area (Å²) in [7, 11) is -2.15. The van der Waals surface area contributed by atoms with Crippen LogP contribution in [0, 0.1) is 6.92 Å². The van der Waals surface area contributed by atoms with E-state index in [1.54, 1.807) is 0 Å². The summed E-state index contributed by atoms with van der Waals surface area (Å²) in [5.74, 6) is 0.151. The molecule has 0 aliphatic heterocycles. The minimum atomic E-state index is -2.15. The zero-order valence-corrected chi connectivity index (χ0v) is 26.0. The molecule has 4 rings (SSSR count). The first-order valence-corrected chi connectivity index (χ1v) is 18.0. The molecule has 1 atom stereocenters. The van der Waals surface area contributed by atoms with Crippen LogP contribution >= 0.6 is 0 Å². The Morgan fingerprint density at radius 3 is 1.78 bits per heavy atom. The monoisotopic (exact) mass is 561 g/mol. The molecule has 0 aliphatic rings. The van der Waals surface area contributed by atoms with Gasteiger partial charge >= 0.3 is 0 Å². The van der Waals surface area contributed by atoms with Gasteiger partial charge in [0, 0.05) is 6.42 Å². The normalized spacial score (nSPS) is 12.1. The van der Waals surface area contributed by atoms with E-state index in [4.69, 9.17) is 0 Å². The fourth-order valence-electron chi connectivity index (χ4n) is 6.08. The summed E-state index contributed by atoms with van der Waals surface area (Å²) in [4.78, 5) is 13.7. The van der Waals surface area contributed by atoms with Gasteiger partial charge in [-0.05, 0) is 36.6 Å². The Morgan fingerprint density at radius 1 is 0.659 bits per heavy atom. The van der Waals surface area contributed by atoms with Crippen molar-refractivity contribution < 1.29 is 4.79 Å². The number of amides is 1. The molecule has 0 saturated carbocycles. The van der Waals surface area contributed by atoms with Crippen LogP contribution in [0.25, 0.3) is 0 Å². The number of benzene rings is 4. The molecule has 0 aromatic heterocycles. The topological polar surface area (TPSA) is 29.1 Å². The molecule has 1 N–H and O–H groups in total. The van der Waals surface area contributed by atoms with Crippen LogP contribution in [0.3, 0.4) is 0 Å². The lowest BCUT2D eigenvalue weighted by atomic mass is 9.98. The van der Waals surface area contributed by atoms with Crippen molar-refractivity contribution in [1.82, 2.24) is 5.32 Å². The Hall–Kier alpha value is -3.43. The predicted octanol–water partition coefficient (Wildman–Crippen LogP) is 8.41. The van der Waals surface area contributed by atoms with Gasteiger partial charge in [0.15, 0.2) is 0 Å². The molecule has 4 aromatic rings. The maximum Gasteiger partial charge on any atom is 0.220 e. The zero-order chi connectivity index (χ0) is 28.8. The van der Waals surface area contributed by atoms with Crippen molar-refractivity contribution in [2.75, 3.05) is 0 Å². The Kier molecular flexibility index (Phi) is 12.0. The summed E-state index contributed by atoms with van der Waals surface area (Å²) in [6.07, 6.45) is 9.05. The third kappa shape index (κ3) is 9.03. The van der Waals surface area contributed by atoms with Crippen molar-refractivity contribution in [3.8, 4) is 0 Å². The predicted molar refractivity (Wildman–Crippen MR) is 178 cm³/mol. The highest BCUT2D eigenvalue weighted by Crippen LogP contribution is 2.24. The second-order valence-electron chi connectivity index (χ2n) is 11.6. The van der Waals surface area contributed by atoms with Crippen LogP contribution < -0.4 is 15.7 Å². The lowest BCUT2D eigenvalue weighted by Gasteiger charge is -2.33. The van der Waals surface area contributed by atoms with E-state index in [2.05, 4.69) is 128 Å². The maximum absolute atomic E-state index is 13.7. The number of carbonyl (C=O) groups is 1.